The zero-order chi connectivity index (χ0) is 13.8. The molecule has 0 aliphatic heterocycles. The lowest BCUT2D eigenvalue weighted by atomic mass is 10.1. The van der Waals surface area contributed by atoms with Crippen LogP contribution in [0.3, 0.4) is 0 Å². The van der Waals surface area contributed by atoms with Gasteiger partial charge in [-0.25, -0.2) is 0 Å². The average Bonchev–Trinajstić information content (AvgIpc) is 2.25. The average molecular weight is 256 g/mol. The van der Waals surface area contributed by atoms with Crippen molar-refractivity contribution in [2.45, 2.75) is 26.1 Å². The Morgan fingerprint density at radius 1 is 1.28 bits per heavy atom. The van der Waals surface area contributed by atoms with E-state index in [2.05, 4.69) is 11.8 Å². The Bertz CT molecular complexity index is 478. The first-order valence-electron chi connectivity index (χ1n) is 5.15. The molecule has 0 amide bonds. The highest BCUT2D eigenvalue weighted by Crippen LogP contribution is 2.28. The molecule has 0 saturated heterocycles. The van der Waals surface area contributed by atoms with Gasteiger partial charge in [0.15, 0.2) is 6.10 Å². The fourth-order valence-corrected chi connectivity index (χ4v) is 1.21. The number of carbonyl (C=O) groups is 1. The summed E-state index contributed by atoms with van der Waals surface area (Å²) in [5, 5.41) is 0. The second kappa shape index (κ2) is 5.58. The predicted molar refractivity (Wildman–Crippen MR) is 59.6 cm³/mol. The highest BCUT2D eigenvalue weighted by molar-refractivity contribution is 5.66. The number of halogens is 3. The highest BCUT2D eigenvalue weighted by Gasteiger charge is 2.29. The summed E-state index contributed by atoms with van der Waals surface area (Å²) in [5.74, 6) is 4.79. The lowest BCUT2D eigenvalue weighted by Gasteiger charge is -2.05. The van der Waals surface area contributed by atoms with E-state index < -0.39 is 23.8 Å². The zero-order valence-corrected chi connectivity index (χ0v) is 9.84. The smallest absolute Gasteiger partial charge is 0.416 e. The van der Waals surface area contributed by atoms with Crippen molar-refractivity contribution in [2.24, 2.45) is 0 Å². The quantitative estimate of drug-likeness (QED) is 0.570. The van der Waals surface area contributed by atoms with Gasteiger partial charge in [0.2, 0.25) is 0 Å². The molecule has 0 spiro atoms. The Hall–Kier alpha value is -1.96. The number of hydrogen-bond donors (Lipinski definition) is 0. The van der Waals surface area contributed by atoms with Gasteiger partial charge in [0, 0.05) is 12.5 Å². The van der Waals surface area contributed by atoms with E-state index in [0.717, 1.165) is 12.1 Å². The third-order valence-corrected chi connectivity index (χ3v) is 1.97. The maximum absolute atomic E-state index is 12.3. The second-order valence-corrected chi connectivity index (χ2v) is 3.60. The molecular formula is C13H11F3O2. The molecule has 0 N–H and O–H groups in total. The number of esters is 1. The van der Waals surface area contributed by atoms with Gasteiger partial charge in [-0.05, 0) is 31.2 Å². The van der Waals surface area contributed by atoms with Gasteiger partial charge < -0.3 is 4.74 Å². The molecule has 1 rings (SSSR count). The molecule has 96 valence electrons. The van der Waals surface area contributed by atoms with E-state index in [0.29, 0.717) is 5.56 Å². The van der Waals surface area contributed by atoms with Crippen molar-refractivity contribution in [2.75, 3.05) is 0 Å². The molecular weight excluding hydrogens is 245 g/mol. The van der Waals surface area contributed by atoms with Gasteiger partial charge in [-0.3, -0.25) is 4.79 Å². The first kappa shape index (κ1) is 14.1. The van der Waals surface area contributed by atoms with Crippen molar-refractivity contribution in [1.82, 2.24) is 0 Å². The summed E-state index contributed by atoms with van der Waals surface area (Å²) in [5.41, 5.74) is -0.289. The lowest BCUT2D eigenvalue weighted by molar-refractivity contribution is -0.143. The van der Waals surface area contributed by atoms with Gasteiger partial charge in [-0.1, -0.05) is 11.8 Å². The van der Waals surface area contributed by atoms with Crippen LogP contribution in [0.25, 0.3) is 0 Å². The molecule has 5 heteroatoms. The molecule has 1 atom stereocenters. The van der Waals surface area contributed by atoms with Gasteiger partial charge in [-0.2, -0.15) is 13.2 Å². The van der Waals surface area contributed by atoms with Crippen LogP contribution < -0.4 is 0 Å². The van der Waals surface area contributed by atoms with Crippen LogP contribution >= 0.6 is 0 Å². The van der Waals surface area contributed by atoms with E-state index in [1.807, 2.05) is 0 Å². The first-order valence-corrected chi connectivity index (χ1v) is 5.15. The van der Waals surface area contributed by atoms with Gasteiger partial charge in [0.25, 0.3) is 0 Å². The Morgan fingerprint density at radius 3 is 2.28 bits per heavy atom. The molecule has 0 bridgehead atoms. The molecule has 0 fully saturated rings. The van der Waals surface area contributed by atoms with Crippen LogP contribution in [-0.4, -0.2) is 12.1 Å². The van der Waals surface area contributed by atoms with Gasteiger partial charge in [0.05, 0.1) is 5.56 Å². The molecule has 0 radical (unpaired) electrons. The third-order valence-electron chi connectivity index (χ3n) is 1.97. The minimum atomic E-state index is -4.35. The van der Waals surface area contributed by atoms with E-state index >= 15 is 0 Å². The number of alkyl halides is 3. The highest BCUT2D eigenvalue weighted by atomic mass is 19.4. The molecule has 0 aliphatic rings. The molecule has 0 unspecified atom stereocenters. The van der Waals surface area contributed by atoms with Crippen LogP contribution in [0.15, 0.2) is 24.3 Å². The monoisotopic (exact) mass is 256 g/mol. The normalized spacial score (nSPS) is 12.3. The SMILES string of the molecule is CC(=O)O[C@H](C)C#Cc1ccc(C(F)(F)F)cc1. The Balaban J connectivity index is 2.76. The van der Waals surface area contributed by atoms with E-state index in [1.54, 1.807) is 6.92 Å². The Kier molecular flexibility index (Phi) is 4.38. The molecule has 1 aromatic carbocycles. The van der Waals surface area contributed by atoms with Crippen molar-refractivity contribution in [1.29, 1.82) is 0 Å². The summed E-state index contributed by atoms with van der Waals surface area (Å²) < 4.78 is 41.6. The minimum Gasteiger partial charge on any atom is -0.450 e. The molecule has 0 aromatic heterocycles. The van der Waals surface area contributed by atoms with E-state index in [9.17, 15) is 18.0 Å². The van der Waals surface area contributed by atoms with Crippen molar-refractivity contribution >= 4 is 5.97 Å². The number of rotatable bonds is 1. The van der Waals surface area contributed by atoms with Crippen LogP contribution in [0.2, 0.25) is 0 Å². The molecule has 0 heterocycles. The second-order valence-electron chi connectivity index (χ2n) is 3.60. The van der Waals surface area contributed by atoms with Crippen LogP contribution in [0.5, 0.6) is 0 Å². The van der Waals surface area contributed by atoms with Crippen LogP contribution in [0.1, 0.15) is 25.0 Å². The summed E-state index contributed by atoms with van der Waals surface area (Å²) in [4.78, 5) is 10.6. The van der Waals surface area contributed by atoms with Crippen LogP contribution in [0, 0.1) is 11.8 Å². The minimum absolute atomic E-state index is 0.432. The van der Waals surface area contributed by atoms with Crippen molar-refractivity contribution in [3.8, 4) is 11.8 Å². The van der Waals surface area contributed by atoms with Crippen molar-refractivity contribution in [3.05, 3.63) is 35.4 Å². The number of carbonyl (C=O) groups excluding carboxylic acids is 1. The number of hydrogen-bond acceptors (Lipinski definition) is 2. The number of benzene rings is 1. The topological polar surface area (TPSA) is 26.3 Å². The molecule has 18 heavy (non-hydrogen) atoms. The summed E-state index contributed by atoms with van der Waals surface area (Å²) in [6.45, 7) is 2.84. The molecule has 2 nitrogen and oxygen atoms in total. The summed E-state index contributed by atoms with van der Waals surface area (Å²) in [6.07, 6.45) is -4.94. The molecule has 1 aromatic rings. The maximum atomic E-state index is 12.3. The van der Waals surface area contributed by atoms with Crippen LogP contribution in [0.4, 0.5) is 13.2 Å². The maximum Gasteiger partial charge on any atom is 0.416 e. The largest absolute Gasteiger partial charge is 0.450 e. The van der Waals surface area contributed by atoms with Crippen LogP contribution in [-0.2, 0) is 15.7 Å². The van der Waals surface area contributed by atoms with Gasteiger partial charge in [0.1, 0.15) is 0 Å². The standard InChI is InChI=1S/C13H11F3O2/c1-9(18-10(2)17)3-4-11-5-7-12(8-6-11)13(14,15)16/h5-9H,1-2H3/t9-/m1/s1. The van der Waals surface area contributed by atoms with E-state index in [1.165, 1.54) is 19.1 Å². The Morgan fingerprint density at radius 2 is 1.83 bits per heavy atom. The molecule has 0 saturated carbocycles. The van der Waals surface area contributed by atoms with E-state index in [4.69, 9.17) is 4.74 Å². The lowest BCUT2D eigenvalue weighted by Crippen LogP contribution is -2.09. The van der Waals surface area contributed by atoms with Gasteiger partial charge >= 0.3 is 12.1 Å². The van der Waals surface area contributed by atoms with Crippen molar-refractivity contribution in [3.63, 3.8) is 0 Å². The first-order chi connectivity index (χ1) is 8.29. The zero-order valence-electron chi connectivity index (χ0n) is 9.84. The fraction of sp³-hybridized carbons (Fsp3) is 0.308. The summed E-state index contributed by atoms with van der Waals surface area (Å²) in [7, 11) is 0. The third kappa shape index (κ3) is 4.50. The summed E-state index contributed by atoms with van der Waals surface area (Å²) in [6, 6.07) is 4.47. The fourth-order valence-electron chi connectivity index (χ4n) is 1.21. The van der Waals surface area contributed by atoms with E-state index in [-0.39, 0.29) is 0 Å². The molecule has 0 aliphatic carbocycles. The Labute approximate surface area is 103 Å². The van der Waals surface area contributed by atoms with Gasteiger partial charge in [-0.15, -0.1) is 0 Å². The number of ether oxygens (including phenoxy) is 1. The van der Waals surface area contributed by atoms with Crippen molar-refractivity contribution < 1.29 is 22.7 Å². The predicted octanol–water partition coefficient (Wildman–Crippen LogP) is 3.01. The summed E-state index contributed by atoms with van der Waals surface area (Å²) >= 11 is 0.